The third-order valence-corrected chi connectivity index (χ3v) is 4.96. The molecule has 1 amide bonds. The van der Waals surface area contributed by atoms with Crippen LogP contribution in [-0.2, 0) is 4.79 Å². The Labute approximate surface area is 165 Å². The van der Waals surface area contributed by atoms with E-state index in [4.69, 9.17) is 0 Å². The molecule has 3 rings (SSSR count). The Morgan fingerprint density at radius 2 is 1.82 bits per heavy atom. The number of rotatable bonds is 6. The highest BCUT2D eigenvalue weighted by molar-refractivity contribution is 6.01. The Bertz CT molecular complexity index is 883. The molecule has 2 aromatic rings. The van der Waals surface area contributed by atoms with Crippen molar-refractivity contribution in [2.24, 2.45) is 0 Å². The van der Waals surface area contributed by atoms with E-state index in [1.807, 2.05) is 24.3 Å². The molecule has 0 saturated carbocycles. The van der Waals surface area contributed by atoms with Gasteiger partial charge in [0.2, 0.25) is 5.91 Å². The summed E-state index contributed by atoms with van der Waals surface area (Å²) in [6.07, 6.45) is 7.95. The first-order valence-electron chi connectivity index (χ1n) is 9.77. The highest BCUT2D eigenvalue weighted by Gasteiger charge is 2.14. The molecule has 1 saturated heterocycles. The Kier molecular flexibility index (Phi) is 6.48. The molecule has 0 unspecified atom stereocenters. The molecule has 0 spiro atoms. The van der Waals surface area contributed by atoms with Crippen LogP contribution in [-0.4, -0.2) is 30.1 Å². The number of benzene rings is 2. The number of carbonyl (C=O) groups is 2. The second-order valence-corrected chi connectivity index (χ2v) is 6.95. The quantitative estimate of drug-likeness (QED) is 0.702. The number of hydrogen-bond acceptors (Lipinski definition) is 3. The minimum Gasteiger partial charge on any atom is -0.478 e. The molecule has 1 aliphatic rings. The van der Waals surface area contributed by atoms with Crippen LogP contribution in [0.5, 0.6) is 0 Å². The number of carboxylic acids is 1. The van der Waals surface area contributed by atoms with Gasteiger partial charge in [0.1, 0.15) is 0 Å². The number of nitrogens with one attached hydrogen (secondary N) is 1. The van der Waals surface area contributed by atoms with Gasteiger partial charge in [0, 0.05) is 25.2 Å². The molecule has 1 fully saturated rings. The lowest BCUT2D eigenvalue weighted by Gasteiger charge is -2.30. The first-order valence-corrected chi connectivity index (χ1v) is 9.77. The minimum atomic E-state index is -1.06. The average molecular weight is 378 g/mol. The van der Waals surface area contributed by atoms with Crippen molar-refractivity contribution in [3.63, 3.8) is 0 Å². The summed E-state index contributed by atoms with van der Waals surface area (Å²) in [4.78, 5) is 25.6. The summed E-state index contributed by atoms with van der Waals surface area (Å²) in [6, 6.07) is 13.3. The molecule has 146 valence electrons. The fourth-order valence-corrected chi connectivity index (χ4v) is 3.43. The molecule has 5 heteroatoms. The molecule has 1 heterocycles. The summed E-state index contributed by atoms with van der Waals surface area (Å²) in [5.41, 5.74) is 3.52. The van der Waals surface area contributed by atoms with E-state index in [1.165, 1.54) is 24.9 Å². The molecular weight excluding hydrogens is 352 g/mol. The van der Waals surface area contributed by atoms with Crippen LogP contribution in [0.4, 0.5) is 11.4 Å². The number of para-hydroxylation sites is 1. The largest absolute Gasteiger partial charge is 0.478 e. The van der Waals surface area contributed by atoms with Crippen LogP contribution in [0.15, 0.2) is 42.5 Å². The third kappa shape index (κ3) is 4.80. The van der Waals surface area contributed by atoms with Gasteiger partial charge in [-0.25, -0.2) is 4.79 Å². The molecule has 2 aromatic carbocycles. The average Bonchev–Trinajstić information content (AvgIpc) is 2.73. The minimum absolute atomic E-state index is 0.0910. The lowest BCUT2D eigenvalue weighted by molar-refractivity contribution is -0.115. The monoisotopic (exact) mass is 378 g/mol. The van der Waals surface area contributed by atoms with E-state index < -0.39 is 5.97 Å². The molecule has 0 atom stereocenters. The van der Waals surface area contributed by atoms with Gasteiger partial charge in [0.25, 0.3) is 0 Å². The zero-order valence-corrected chi connectivity index (χ0v) is 16.1. The maximum absolute atomic E-state index is 11.6. The Balaban J connectivity index is 1.85. The van der Waals surface area contributed by atoms with E-state index in [1.54, 1.807) is 19.1 Å². The van der Waals surface area contributed by atoms with Crippen LogP contribution in [0.3, 0.4) is 0 Å². The van der Waals surface area contributed by atoms with Crippen LogP contribution in [0.25, 0.3) is 12.2 Å². The Morgan fingerprint density at radius 1 is 1.07 bits per heavy atom. The summed E-state index contributed by atoms with van der Waals surface area (Å²) in [5.74, 6) is -1.27. The topological polar surface area (TPSA) is 69.6 Å². The molecular formula is C23H26N2O3. The number of hydrogen-bond donors (Lipinski definition) is 2. The highest BCUT2D eigenvalue weighted by atomic mass is 16.4. The number of aromatic carboxylic acids is 1. The van der Waals surface area contributed by atoms with Crippen LogP contribution in [0, 0.1) is 0 Å². The molecule has 28 heavy (non-hydrogen) atoms. The normalized spacial score (nSPS) is 14.2. The van der Waals surface area contributed by atoms with Gasteiger partial charge in [-0.15, -0.1) is 0 Å². The second kappa shape index (κ2) is 9.22. The number of piperidine rings is 1. The first kappa shape index (κ1) is 19.7. The molecule has 5 nitrogen and oxygen atoms in total. The summed E-state index contributed by atoms with van der Waals surface area (Å²) in [5, 5.41) is 12.1. The zero-order chi connectivity index (χ0) is 19.9. The van der Waals surface area contributed by atoms with Crippen LogP contribution < -0.4 is 10.2 Å². The van der Waals surface area contributed by atoms with Gasteiger partial charge in [-0.1, -0.05) is 43.3 Å². The number of amides is 1. The number of carboxylic acid groups (broad SMARTS) is 1. The summed E-state index contributed by atoms with van der Waals surface area (Å²) in [7, 11) is 0. The van der Waals surface area contributed by atoms with Crippen LogP contribution in [0.1, 0.15) is 54.1 Å². The second-order valence-electron chi connectivity index (χ2n) is 6.95. The van der Waals surface area contributed by atoms with Gasteiger partial charge >= 0.3 is 5.97 Å². The molecule has 2 N–H and O–H groups in total. The fourth-order valence-electron chi connectivity index (χ4n) is 3.43. The lowest BCUT2D eigenvalue weighted by Crippen LogP contribution is -2.29. The van der Waals surface area contributed by atoms with Gasteiger partial charge in [0.15, 0.2) is 0 Å². The summed E-state index contributed by atoms with van der Waals surface area (Å²) < 4.78 is 0. The van der Waals surface area contributed by atoms with Crippen molar-refractivity contribution in [1.29, 1.82) is 0 Å². The molecule has 1 aliphatic heterocycles. The van der Waals surface area contributed by atoms with Crippen molar-refractivity contribution in [2.45, 2.75) is 32.6 Å². The van der Waals surface area contributed by atoms with Gasteiger partial charge in [0.05, 0.1) is 11.3 Å². The standard InChI is InChI=1S/C23H26N2O3/c1-2-22(26)24-20-13-11-17(16-19(20)23(27)28)10-12-18-8-4-5-9-21(18)25-14-6-3-7-15-25/h4-5,8-13,16H,2-3,6-7,14-15H2,1H3,(H,24,26)(H,27,28). The molecule has 0 aromatic heterocycles. The van der Waals surface area contributed by atoms with Crippen molar-refractivity contribution in [3.8, 4) is 0 Å². The van der Waals surface area contributed by atoms with E-state index in [0.29, 0.717) is 12.1 Å². The van der Waals surface area contributed by atoms with Crippen LogP contribution in [0.2, 0.25) is 0 Å². The molecule has 0 aliphatic carbocycles. The van der Waals surface area contributed by atoms with Gasteiger partial charge in [-0.2, -0.15) is 0 Å². The van der Waals surface area contributed by atoms with Crippen molar-refractivity contribution in [1.82, 2.24) is 0 Å². The maximum atomic E-state index is 11.6. The van der Waals surface area contributed by atoms with E-state index in [0.717, 1.165) is 24.2 Å². The van der Waals surface area contributed by atoms with Crippen molar-refractivity contribution in [2.75, 3.05) is 23.3 Å². The van der Waals surface area contributed by atoms with Gasteiger partial charge in [-0.3, -0.25) is 4.79 Å². The SMILES string of the molecule is CCC(=O)Nc1ccc(C=Cc2ccccc2N2CCCCC2)cc1C(=O)O. The van der Waals surface area contributed by atoms with E-state index >= 15 is 0 Å². The van der Waals surface area contributed by atoms with Gasteiger partial charge < -0.3 is 15.3 Å². The lowest BCUT2D eigenvalue weighted by atomic mass is 10.0. The third-order valence-electron chi connectivity index (χ3n) is 4.96. The van der Waals surface area contributed by atoms with E-state index in [2.05, 4.69) is 28.4 Å². The summed E-state index contributed by atoms with van der Waals surface area (Å²) >= 11 is 0. The number of nitrogens with zero attached hydrogens (tertiary/aromatic N) is 1. The predicted molar refractivity (Wildman–Crippen MR) is 114 cm³/mol. The molecule has 0 bridgehead atoms. The Morgan fingerprint density at radius 3 is 2.54 bits per heavy atom. The zero-order valence-electron chi connectivity index (χ0n) is 16.1. The van der Waals surface area contributed by atoms with E-state index in [-0.39, 0.29) is 11.5 Å². The number of carbonyl (C=O) groups excluding carboxylic acids is 1. The van der Waals surface area contributed by atoms with Crippen molar-refractivity contribution in [3.05, 3.63) is 59.2 Å². The fraction of sp³-hybridized carbons (Fsp3) is 0.304. The number of anilines is 2. The molecule has 0 radical (unpaired) electrons. The van der Waals surface area contributed by atoms with Gasteiger partial charge in [-0.05, 0) is 48.6 Å². The predicted octanol–water partition coefficient (Wildman–Crippen LogP) is 4.89. The van der Waals surface area contributed by atoms with E-state index in [9.17, 15) is 14.7 Å². The Hall–Kier alpha value is -3.08. The van der Waals surface area contributed by atoms with Crippen molar-refractivity contribution < 1.29 is 14.7 Å². The highest BCUT2D eigenvalue weighted by Crippen LogP contribution is 2.26. The van der Waals surface area contributed by atoms with Crippen molar-refractivity contribution >= 4 is 35.4 Å². The van der Waals surface area contributed by atoms with Crippen LogP contribution >= 0.6 is 0 Å². The first-order chi connectivity index (χ1) is 13.6. The maximum Gasteiger partial charge on any atom is 0.337 e. The smallest absolute Gasteiger partial charge is 0.337 e. The summed E-state index contributed by atoms with van der Waals surface area (Å²) in [6.45, 7) is 3.87.